The van der Waals surface area contributed by atoms with Crippen molar-refractivity contribution in [1.82, 2.24) is 29.6 Å². The fourth-order valence-corrected chi connectivity index (χ4v) is 7.11. The van der Waals surface area contributed by atoms with Gasteiger partial charge in [-0.25, -0.2) is 14.6 Å². The summed E-state index contributed by atoms with van der Waals surface area (Å²) < 4.78 is 12.1. The van der Waals surface area contributed by atoms with Crippen molar-refractivity contribution >= 4 is 51.4 Å². The summed E-state index contributed by atoms with van der Waals surface area (Å²) in [5.41, 5.74) is 3.60. The maximum atomic E-state index is 12.9. The fraction of sp³-hybridized carbons (Fsp3) is 0.294. The molecule has 2 fully saturated rings. The Balaban J connectivity index is 1.14. The Morgan fingerprint density at radius 3 is 2.47 bits per heavy atom. The molecule has 0 amide bonds. The number of halogens is 2. The lowest BCUT2D eigenvalue weighted by Gasteiger charge is -2.20. The number of benzene rings is 2. The quantitative estimate of drug-likeness (QED) is 0.194. The Morgan fingerprint density at radius 2 is 1.72 bits per heavy atom. The van der Waals surface area contributed by atoms with Crippen LogP contribution in [0.15, 0.2) is 65.8 Å². The van der Waals surface area contributed by atoms with Gasteiger partial charge in [-0.15, -0.1) is 0 Å². The van der Waals surface area contributed by atoms with Crippen molar-refractivity contribution in [3.05, 3.63) is 87.1 Å². The summed E-state index contributed by atoms with van der Waals surface area (Å²) in [6.45, 7) is 4.44. The molecule has 4 heterocycles. The first kappa shape index (κ1) is 31.0. The first-order valence-electron chi connectivity index (χ1n) is 15.2. The molecule has 240 valence electrons. The van der Waals surface area contributed by atoms with Gasteiger partial charge in [0.2, 0.25) is 5.88 Å². The largest absolute Gasteiger partial charge is 0.480 e. The van der Waals surface area contributed by atoms with E-state index in [1.807, 2.05) is 43.3 Å². The van der Waals surface area contributed by atoms with Gasteiger partial charge in [-0.1, -0.05) is 53.5 Å². The second-order valence-electron chi connectivity index (χ2n) is 11.7. The summed E-state index contributed by atoms with van der Waals surface area (Å²) in [7, 11) is 3.16. The number of pyridine rings is 1. The normalized spacial score (nSPS) is 18.6. The minimum absolute atomic E-state index is 0.0162. The van der Waals surface area contributed by atoms with Crippen molar-refractivity contribution in [3.8, 4) is 28.3 Å². The molecule has 1 aliphatic carbocycles. The van der Waals surface area contributed by atoms with Crippen molar-refractivity contribution in [2.75, 3.05) is 32.1 Å². The molecular formula is C34H31Cl2N7O4. The molecule has 0 spiro atoms. The number of hydrogen-bond donors (Lipinski definition) is 1. The van der Waals surface area contributed by atoms with Crippen LogP contribution in [0.3, 0.4) is 0 Å². The van der Waals surface area contributed by atoms with Gasteiger partial charge in [0.25, 0.3) is 5.56 Å². The van der Waals surface area contributed by atoms with Gasteiger partial charge in [0.05, 0.1) is 58.8 Å². The number of nitrogens with zero attached hydrogens (tertiary/aromatic N) is 6. The lowest BCUT2D eigenvalue weighted by atomic mass is 10.0. The van der Waals surface area contributed by atoms with Crippen LogP contribution in [0.2, 0.25) is 10.0 Å². The van der Waals surface area contributed by atoms with Gasteiger partial charge in [0.1, 0.15) is 11.5 Å². The third-order valence-corrected chi connectivity index (χ3v) is 9.70. The lowest BCUT2D eigenvalue weighted by Crippen LogP contribution is -2.27. The van der Waals surface area contributed by atoms with Gasteiger partial charge in [-0.05, 0) is 30.9 Å². The molecule has 3 aromatic heterocycles. The average Bonchev–Trinajstić information content (AvgIpc) is 3.59. The highest BCUT2D eigenvalue weighted by atomic mass is 35.5. The van der Waals surface area contributed by atoms with Crippen LogP contribution < -0.4 is 15.6 Å². The summed E-state index contributed by atoms with van der Waals surface area (Å²) >= 11 is 14.0. The second-order valence-corrected chi connectivity index (χ2v) is 12.4. The van der Waals surface area contributed by atoms with Gasteiger partial charge < -0.3 is 14.8 Å². The van der Waals surface area contributed by atoms with Crippen LogP contribution in [0.4, 0.5) is 11.5 Å². The number of nitrogens with one attached hydrogen (secondary N) is 1. The Bertz CT molecular complexity index is 2080. The molecule has 2 aliphatic rings. The number of aromatic nitrogens is 5. The number of piperidine rings is 1. The van der Waals surface area contributed by atoms with Crippen molar-refractivity contribution < 1.29 is 14.3 Å². The van der Waals surface area contributed by atoms with Crippen LogP contribution in [0.5, 0.6) is 5.88 Å². The predicted octanol–water partition coefficient (Wildman–Crippen LogP) is 5.75. The number of methoxy groups -OCH3 is 1. The second kappa shape index (κ2) is 12.6. The lowest BCUT2D eigenvalue weighted by molar-refractivity contribution is -0.145. The van der Waals surface area contributed by atoms with Crippen molar-refractivity contribution in [1.29, 1.82) is 0 Å². The molecule has 0 bridgehead atoms. The molecule has 2 atom stereocenters. The van der Waals surface area contributed by atoms with Crippen LogP contribution in [0.1, 0.15) is 12.6 Å². The zero-order valence-corrected chi connectivity index (χ0v) is 27.4. The first-order chi connectivity index (χ1) is 22.8. The topological polar surface area (TPSA) is 124 Å². The minimum atomic E-state index is -0.275. The highest BCUT2D eigenvalue weighted by molar-refractivity contribution is 6.39. The number of fused-ring (bicyclic) bond motifs is 2. The van der Waals surface area contributed by atoms with E-state index < -0.39 is 0 Å². The van der Waals surface area contributed by atoms with Gasteiger partial charge >= 0.3 is 5.97 Å². The van der Waals surface area contributed by atoms with E-state index in [9.17, 15) is 9.59 Å². The highest BCUT2D eigenvalue weighted by Crippen LogP contribution is 2.52. The molecule has 2 unspecified atom stereocenters. The van der Waals surface area contributed by atoms with E-state index in [1.165, 1.54) is 4.68 Å². The van der Waals surface area contributed by atoms with Crippen LogP contribution >= 0.6 is 23.2 Å². The Hall–Kier alpha value is -4.58. The number of anilines is 2. The van der Waals surface area contributed by atoms with Crippen LogP contribution in [-0.2, 0) is 23.1 Å². The summed E-state index contributed by atoms with van der Waals surface area (Å²) in [4.78, 5) is 41.2. The van der Waals surface area contributed by atoms with Gasteiger partial charge in [-0.2, -0.15) is 5.10 Å². The number of ether oxygens (including phenoxy) is 2. The first-order valence-corrected chi connectivity index (χ1v) is 16.0. The molecule has 1 N–H and O–H groups in total. The molecule has 11 nitrogen and oxygen atoms in total. The molecule has 1 saturated carbocycles. The van der Waals surface area contributed by atoms with E-state index in [0.717, 1.165) is 13.1 Å². The van der Waals surface area contributed by atoms with Crippen molar-refractivity contribution in [2.24, 2.45) is 24.8 Å². The molecule has 47 heavy (non-hydrogen) atoms. The van der Waals surface area contributed by atoms with Crippen molar-refractivity contribution in [3.63, 3.8) is 0 Å². The zero-order valence-electron chi connectivity index (χ0n) is 25.9. The van der Waals surface area contributed by atoms with Crippen molar-refractivity contribution in [2.45, 2.75) is 13.5 Å². The number of carbonyl (C=O) groups is 1. The third kappa shape index (κ3) is 5.68. The van der Waals surface area contributed by atoms with Crippen LogP contribution in [0, 0.1) is 17.8 Å². The summed E-state index contributed by atoms with van der Waals surface area (Å²) in [5.74, 6) is 1.39. The smallest absolute Gasteiger partial charge is 0.309 e. The number of hydrogen-bond acceptors (Lipinski definition) is 10. The maximum absolute atomic E-state index is 12.9. The Kier molecular flexibility index (Phi) is 8.29. The van der Waals surface area contributed by atoms with Gasteiger partial charge in [0.15, 0.2) is 0 Å². The zero-order chi connectivity index (χ0) is 32.8. The molecular weight excluding hydrogens is 641 g/mol. The van der Waals surface area contributed by atoms with E-state index in [2.05, 4.69) is 20.3 Å². The van der Waals surface area contributed by atoms with E-state index in [4.69, 9.17) is 42.6 Å². The maximum Gasteiger partial charge on any atom is 0.309 e. The summed E-state index contributed by atoms with van der Waals surface area (Å²) in [5, 5.41) is 9.26. The van der Waals surface area contributed by atoms with Gasteiger partial charge in [0, 0.05) is 55.0 Å². The number of esters is 1. The van der Waals surface area contributed by atoms with Crippen LogP contribution in [0.25, 0.3) is 33.2 Å². The predicted molar refractivity (Wildman–Crippen MR) is 180 cm³/mol. The molecule has 13 heteroatoms. The molecule has 2 aromatic carbocycles. The Morgan fingerprint density at radius 1 is 1.00 bits per heavy atom. The SMILES string of the molecule is CCOC(=O)C1C2CN(Cc3ncc(-c4cccc(-c5cccc(Nc6nccc7cnn(C)c(=O)c67)c5Cl)c4Cl)nc3OC)CC21. The average molecular weight is 673 g/mol. The Labute approximate surface area is 280 Å². The number of carbonyl (C=O) groups excluding carboxylic acids is 1. The summed E-state index contributed by atoms with van der Waals surface area (Å²) in [6, 6.07) is 12.9. The van der Waals surface area contributed by atoms with Crippen LogP contribution in [-0.4, -0.2) is 62.4 Å². The fourth-order valence-electron chi connectivity index (χ4n) is 6.51. The minimum Gasteiger partial charge on any atom is -0.480 e. The van der Waals surface area contributed by atoms with E-state index in [1.54, 1.807) is 38.8 Å². The van der Waals surface area contributed by atoms with E-state index >= 15 is 0 Å². The third-order valence-electron chi connectivity index (χ3n) is 8.88. The van der Waals surface area contributed by atoms with Gasteiger partial charge in [-0.3, -0.25) is 19.5 Å². The number of rotatable bonds is 9. The summed E-state index contributed by atoms with van der Waals surface area (Å²) in [6.07, 6.45) is 4.93. The monoisotopic (exact) mass is 671 g/mol. The number of aryl methyl sites for hydroxylation is 1. The molecule has 0 radical (unpaired) electrons. The molecule has 1 aliphatic heterocycles. The van der Waals surface area contributed by atoms with E-state index in [0.29, 0.717) is 91.3 Å². The number of likely N-dealkylation sites (tertiary alicyclic amines) is 1. The molecule has 7 rings (SSSR count). The molecule has 5 aromatic rings. The van der Waals surface area contributed by atoms with E-state index in [-0.39, 0.29) is 17.4 Å². The molecule has 1 saturated heterocycles. The standard InChI is InChI=1S/C34H31Cl2N7O4/c1-4-47-34(45)28-22-15-43(16-23(22)28)17-26-32(46-3)41-25(14-38-26)21-9-5-7-19(29(21)35)20-8-6-10-24(30(20)36)40-31-27-18(11-12-37-31)13-39-42(2)33(27)44/h5-14,22-23,28H,4,15-17H2,1-3H3,(H,37,40). The highest BCUT2D eigenvalue weighted by Gasteiger charge is 2.60.